The molecular weight excluding hydrogens is 965 g/mol. The predicted octanol–water partition coefficient (Wildman–Crippen LogP) is 22.7. The molecule has 0 heterocycles. The number of hydrogen-bond acceptors (Lipinski definition) is 2. The molecule has 1 aliphatic carbocycles. The van der Waals surface area contributed by atoms with Gasteiger partial charge in [-0.1, -0.05) is 222 Å². The Hall–Kier alpha value is -9.24. The van der Waals surface area contributed by atoms with Crippen LogP contribution in [0.25, 0.3) is 88.3 Å². The van der Waals surface area contributed by atoms with Crippen LogP contribution in [0.5, 0.6) is 0 Å². The smallest absolute Gasteiger partial charge is 0.0493 e. The summed E-state index contributed by atoms with van der Waals surface area (Å²) < 4.78 is 0. The van der Waals surface area contributed by atoms with Gasteiger partial charge in [-0.3, -0.25) is 0 Å². The van der Waals surface area contributed by atoms with Crippen LogP contribution in [-0.2, 0) is 0 Å². The maximum Gasteiger partial charge on any atom is 0.0493 e. The van der Waals surface area contributed by atoms with Crippen molar-refractivity contribution in [3.8, 4) is 66.8 Å². The maximum absolute atomic E-state index is 2.51. The van der Waals surface area contributed by atoms with Crippen molar-refractivity contribution < 1.29 is 0 Å². The molecule has 388 valence electrons. The van der Waals surface area contributed by atoms with Crippen LogP contribution in [0.2, 0.25) is 0 Å². The van der Waals surface area contributed by atoms with Crippen molar-refractivity contribution in [1.29, 1.82) is 0 Å². The lowest BCUT2D eigenvalue weighted by molar-refractivity contribution is 0.865. The molecule has 0 saturated heterocycles. The summed E-state index contributed by atoms with van der Waals surface area (Å²) in [5.41, 5.74) is 29.5. The van der Waals surface area contributed by atoms with E-state index in [0.29, 0.717) is 11.8 Å². The Kier molecular flexibility index (Phi) is 12.9. The van der Waals surface area contributed by atoms with Gasteiger partial charge in [0, 0.05) is 34.1 Å². The van der Waals surface area contributed by atoms with E-state index in [4.69, 9.17) is 0 Å². The average molecular weight is 1030 g/mol. The minimum absolute atomic E-state index is 0.374. The lowest BCUT2D eigenvalue weighted by Crippen LogP contribution is -2.14. The number of hydrogen-bond donors (Lipinski definition) is 0. The first-order valence-corrected chi connectivity index (χ1v) is 28.5. The fourth-order valence-electron chi connectivity index (χ4n) is 12.7. The van der Waals surface area contributed by atoms with Gasteiger partial charge in [-0.2, -0.15) is 0 Å². The highest BCUT2D eigenvalue weighted by Crippen LogP contribution is 2.66. The second-order valence-electron chi connectivity index (χ2n) is 22.6. The van der Waals surface area contributed by atoms with E-state index >= 15 is 0 Å². The van der Waals surface area contributed by atoms with Crippen molar-refractivity contribution >= 4 is 55.7 Å². The number of anilines is 6. The molecule has 80 heavy (non-hydrogen) atoms. The minimum atomic E-state index is 0.374. The summed E-state index contributed by atoms with van der Waals surface area (Å²) in [6.45, 7) is 18.1. The lowest BCUT2D eigenvalue weighted by atomic mass is 9.65. The molecule has 2 nitrogen and oxygen atoms in total. The fourth-order valence-corrected chi connectivity index (χ4v) is 12.7. The number of aryl methyl sites for hydroxylation is 4. The van der Waals surface area contributed by atoms with Crippen LogP contribution in [0, 0.1) is 27.7 Å². The van der Waals surface area contributed by atoms with E-state index in [1.807, 2.05) is 0 Å². The van der Waals surface area contributed by atoms with Crippen molar-refractivity contribution in [2.45, 2.75) is 67.2 Å². The molecule has 13 rings (SSSR count). The van der Waals surface area contributed by atoms with Crippen LogP contribution in [-0.4, -0.2) is 0 Å². The third kappa shape index (κ3) is 8.50. The van der Waals surface area contributed by atoms with E-state index in [9.17, 15) is 0 Å². The van der Waals surface area contributed by atoms with Gasteiger partial charge in [-0.25, -0.2) is 0 Å². The Labute approximate surface area is 472 Å². The van der Waals surface area contributed by atoms with E-state index < -0.39 is 0 Å². The van der Waals surface area contributed by atoms with Crippen LogP contribution in [0.15, 0.2) is 243 Å². The molecule has 12 aromatic rings. The van der Waals surface area contributed by atoms with E-state index in [1.165, 1.54) is 144 Å². The molecule has 2 heteroatoms. The van der Waals surface area contributed by atoms with E-state index in [0.717, 1.165) is 11.4 Å². The Bertz CT molecular complexity index is 4040. The molecule has 0 saturated carbocycles. The molecular formula is C78H66N2. The summed E-state index contributed by atoms with van der Waals surface area (Å²) in [6, 6.07) is 91.1. The normalized spacial score (nSPS) is 11.7. The molecule has 0 unspecified atom stereocenters. The summed E-state index contributed by atoms with van der Waals surface area (Å²) in [5.74, 6) is 0.748. The Morgan fingerprint density at radius 2 is 0.525 bits per heavy atom. The van der Waals surface area contributed by atoms with Crippen LogP contribution in [0.4, 0.5) is 34.1 Å². The Balaban J connectivity index is 1.20. The van der Waals surface area contributed by atoms with Crippen LogP contribution >= 0.6 is 0 Å². The van der Waals surface area contributed by atoms with E-state index in [2.05, 4.69) is 308 Å². The van der Waals surface area contributed by atoms with Crippen LogP contribution in [0.3, 0.4) is 0 Å². The number of rotatable bonds is 12. The highest BCUT2D eigenvalue weighted by atomic mass is 15.2. The van der Waals surface area contributed by atoms with Gasteiger partial charge >= 0.3 is 0 Å². The molecule has 0 aromatic heterocycles. The number of fused-ring (bicyclic) bond motifs is 6. The minimum Gasteiger partial charge on any atom is -0.310 e. The molecule has 0 amide bonds. The lowest BCUT2D eigenvalue weighted by Gasteiger charge is -2.38. The largest absolute Gasteiger partial charge is 0.310 e. The van der Waals surface area contributed by atoms with Crippen molar-refractivity contribution in [1.82, 2.24) is 0 Å². The first-order valence-electron chi connectivity index (χ1n) is 28.5. The summed E-state index contributed by atoms with van der Waals surface area (Å²) in [5, 5.41) is 4.88. The summed E-state index contributed by atoms with van der Waals surface area (Å²) in [4.78, 5) is 5.02. The van der Waals surface area contributed by atoms with Gasteiger partial charge in [0.2, 0.25) is 0 Å². The highest BCUT2D eigenvalue weighted by Gasteiger charge is 2.39. The van der Waals surface area contributed by atoms with Crippen molar-refractivity contribution in [2.24, 2.45) is 0 Å². The molecule has 0 N–H and O–H groups in total. The fraction of sp³-hybridized carbons (Fsp3) is 0.128. The molecule has 0 aliphatic heterocycles. The van der Waals surface area contributed by atoms with Gasteiger partial charge in [-0.05, 0) is 210 Å². The third-order valence-electron chi connectivity index (χ3n) is 16.8. The topological polar surface area (TPSA) is 6.48 Å². The zero-order chi connectivity index (χ0) is 54.8. The Morgan fingerprint density at radius 3 is 0.838 bits per heavy atom. The predicted molar refractivity (Wildman–Crippen MR) is 344 cm³/mol. The van der Waals surface area contributed by atoms with Gasteiger partial charge < -0.3 is 9.80 Å². The second-order valence-corrected chi connectivity index (χ2v) is 22.6. The molecule has 12 aromatic carbocycles. The number of para-hydroxylation sites is 2. The van der Waals surface area contributed by atoms with Gasteiger partial charge in [0.05, 0.1) is 0 Å². The van der Waals surface area contributed by atoms with Gasteiger partial charge in [0.25, 0.3) is 0 Å². The zero-order valence-electron chi connectivity index (χ0n) is 47.1. The van der Waals surface area contributed by atoms with E-state index in [1.54, 1.807) is 0 Å². The van der Waals surface area contributed by atoms with E-state index in [-0.39, 0.29) is 0 Å². The maximum atomic E-state index is 2.51. The van der Waals surface area contributed by atoms with Gasteiger partial charge in [0.15, 0.2) is 0 Å². The van der Waals surface area contributed by atoms with Gasteiger partial charge in [-0.15, -0.1) is 0 Å². The van der Waals surface area contributed by atoms with Crippen molar-refractivity contribution in [2.75, 3.05) is 9.80 Å². The number of benzene rings is 12. The zero-order valence-corrected chi connectivity index (χ0v) is 47.1. The van der Waals surface area contributed by atoms with Crippen LogP contribution < -0.4 is 9.80 Å². The first kappa shape index (κ1) is 50.3. The number of nitrogens with zero attached hydrogens (tertiary/aromatic N) is 2. The standard InChI is InChI=1S/C78H66N2/c1-49(2)59-39-37-53(7)69(45-59)79(67-35-23-21-25-51(67)5)61-41-43-63-65(47-61)73(57-31-17-11-18-32-57)77-75(71(63)55-27-13-9-14-28-55)76-72(56-29-15-10-16-30-56)64-44-42-62(48-66(64)74(78(76)77)58-33-19-12-20-34-58)80(68-36-24-22-26-52(68)6)70-46-60(50(3)4)40-38-54(70)8/h9-50H,1-8H3. The van der Waals surface area contributed by atoms with Crippen LogP contribution in [0.1, 0.15) is 72.9 Å². The summed E-state index contributed by atoms with van der Waals surface area (Å²) >= 11 is 0. The SMILES string of the molecule is Cc1ccccc1N(c1ccc2c(-c3ccccc3)c3c(c(-c4ccccc4)c2c1)-c1c-3c(-c2ccccc2)c2ccc(N(c3ccccc3C)c3cc(C(C)C)ccc3C)cc2c1-c1ccccc1)c1cc(C(C)C)ccc1C. The third-order valence-corrected chi connectivity index (χ3v) is 16.8. The van der Waals surface area contributed by atoms with Crippen molar-refractivity contribution in [3.63, 3.8) is 0 Å². The molecule has 0 atom stereocenters. The monoisotopic (exact) mass is 1030 g/mol. The summed E-state index contributed by atoms with van der Waals surface area (Å²) in [7, 11) is 0. The molecule has 1 aliphatic rings. The molecule has 0 radical (unpaired) electrons. The Morgan fingerprint density at radius 1 is 0.237 bits per heavy atom. The quantitative estimate of drug-likeness (QED) is 0.120. The average Bonchev–Trinajstić information content (AvgIpc) is 3.55. The molecule has 0 bridgehead atoms. The first-order chi connectivity index (χ1) is 39.0. The van der Waals surface area contributed by atoms with Crippen molar-refractivity contribution in [3.05, 3.63) is 276 Å². The molecule has 0 spiro atoms. The molecule has 0 fully saturated rings. The van der Waals surface area contributed by atoms with Gasteiger partial charge in [0.1, 0.15) is 0 Å². The summed E-state index contributed by atoms with van der Waals surface area (Å²) in [6.07, 6.45) is 0. The second kappa shape index (κ2) is 20.5. The highest BCUT2D eigenvalue weighted by molar-refractivity contribution is 6.33.